The van der Waals surface area contributed by atoms with E-state index in [9.17, 15) is 9.90 Å². The number of nitrogens with one attached hydrogen (secondary N) is 1. The number of ketones is 1. The number of carbonyl (C=O) groups is 1. The van der Waals surface area contributed by atoms with Gasteiger partial charge in [-0.1, -0.05) is 60.7 Å². The van der Waals surface area contributed by atoms with Crippen LogP contribution < -0.4 is 5.32 Å². The summed E-state index contributed by atoms with van der Waals surface area (Å²) in [5.74, 6) is 0.00353. The third-order valence-corrected chi connectivity index (χ3v) is 4.88. The Bertz CT molecular complexity index is 891. The predicted molar refractivity (Wildman–Crippen MR) is 110 cm³/mol. The Kier molecular flexibility index (Phi) is 6.74. The molecule has 2 atom stereocenters. The van der Waals surface area contributed by atoms with E-state index in [1.807, 2.05) is 85.3 Å². The van der Waals surface area contributed by atoms with Gasteiger partial charge in [-0.2, -0.15) is 5.10 Å². The molecule has 1 aromatic heterocycles. The Balaban J connectivity index is 1.52. The van der Waals surface area contributed by atoms with Gasteiger partial charge in [0.15, 0.2) is 5.78 Å². The summed E-state index contributed by atoms with van der Waals surface area (Å²) in [7, 11) is 0. The first-order valence-electron chi connectivity index (χ1n) is 9.62. The van der Waals surface area contributed by atoms with E-state index in [2.05, 4.69) is 10.4 Å². The van der Waals surface area contributed by atoms with Crippen LogP contribution in [0.15, 0.2) is 66.7 Å². The fraction of sp³-hybridized carbons (Fsp3) is 0.304. The molecule has 146 valence electrons. The lowest BCUT2D eigenvalue weighted by Crippen LogP contribution is -2.33. The molecule has 0 radical (unpaired) electrons. The maximum absolute atomic E-state index is 12.5. The van der Waals surface area contributed by atoms with Gasteiger partial charge in [-0.3, -0.25) is 9.48 Å². The van der Waals surface area contributed by atoms with Crippen molar-refractivity contribution in [2.24, 2.45) is 0 Å². The summed E-state index contributed by atoms with van der Waals surface area (Å²) >= 11 is 0. The van der Waals surface area contributed by atoms with E-state index in [4.69, 9.17) is 0 Å². The second-order valence-corrected chi connectivity index (χ2v) is 7.09. The van der Waals surface area contributed by atoms with Crippen LogP contribution in [0, 0.1) is 6.92 Å². The molecular formula is C23H27N3O2. The van der Waals surface area contributed by atoms with Crippen LogP contribution in [0.25, 0.3) is 0 Å². The molecule has 2 unspecified atom stereocenters. The van der Waals surface area contributed by atoms with Crippen molar-refractivity contribution in [3.63, 3.8) is 0 Å². The number of benzene rings is 2. The zero-order chi connectivity index (χ0) is 19.9. The number of aliphatic hydroxyl groups excluding tert-OH is 1. The van der Waals surface area contributed by atoms with Crippen molar-refractivity contribution in [1.82, 2.24) is 15.1 Å². The van der Waals surface area contributed by atoms with Gasteiger partial charge >= 0.3 is 0 Å². The Labute approximate surface area is 166 Å². The lowest BCUT2D eigenvalue weighted by atomic mass is 10.0. The van der Waals surface area contributed by atoms with Crippen LogP contribution in [0.4, 0.5) is 0 Å². The predicted octanol–water partition coefficient (Wildman–Crippen LogP) is 3.52. The maximum Gasteiger partial charge on any atom is 0.184 e. The highest BCUT2D eigenvalue weighted by Gasteiger charge is 2.17. The first kappa shape index (κ1) is 20.0. The zero-order valence-electron chi connectivity index (χ0n) is 16.4. The first-order valence-corrected chi connectivity index (χ1v) is 9.62. The molecule has 0 amide bonds. The topological polar surface area (TPSA) is 67.2 Å². The summed E-state index contributed by atoms with van der Waals surface area (Å²) in [6.45, 7) is 5.02. The summed E-state index contributed by atoms with van der Waals surface area (Å²) in [6.07, 6.45) is -0.267. The normalized spacial score (nSPS) is 13.2. The fourth-order valence-electron chi connectivity index (χ4n) is 3.15. The van der Waals surface area contributed by atoms with Gasteiger partial charge in [0.1, 0.15) is 5.69 Å². The van der Waals surface area contributed by atoms with Crippen molar-refractivity contribution in [3.8, 4) is 0 Å². The van der Waals surface area contributed by atoms with E-state index in [1.54, 1.807) is 0 Å². The van der Waals surface area contributed by atoms with E-state index >= 15 is 0 Å². The molecule has 0 saturated carbocycles. The molecule has 0 fully saturated rings. The van der Waals surface area contributed by atoms with E-state index in [1.165, 1.54) is 0 Å². The number of nitrogens with zero attached hydrogens (tertiary/aromatic N) is 2. The smallest absolute Gasteiger partial charge is 0.184 e. The van der Waals surface area contributed by atoms with Gasteiger partial charge in [-0.25, -0.2) is 0 Å². The van der Waals surface area contributed by atoms with Crippen LogP contribution in [0.3, 0.4) is 0 Å². The number of aliphatic hydroxyl groups is 1. The van der Waals surface area contributed by atoms with E-state index in [0.717, 1.165) is 16.8 Å². The summed E-state index contributed by atoms with van der Waals surface area (Å²) in [4.78, 5) is 12.5. The van der Waals surface area contributed by atoms with Gasteiger partial charge in [0.2, 0.25) is 0 Å². The molecule has 0 aliphatic carbocycles. The van der Waals surface area contributed by atoms with Crippen LogP contribution in [0.5, 0.6) is 0 Å². The third-order valence-electron chi connectivity index (χ3n) is 4.88. The second kappa shape index (κ2) is 9.44. The van der Waals surface area contributed by atoms with Gasteiger partial charge < -0.3 is 10.4 Å². The van der Waals surface area contributed by atoms with Gasteiger partial charge in [0.05, 0.1) is 12.6 Å². The number of hydrogen-bond acceptors (Lipinski definition) is 4. The SMILES string of the molecule is Cc1cc(C(=O)CCNC(C)C(O)c2ccccc2)nn1Cc1ccccc1. The van der Waals surface area contributed by atoms with Crippen LogP contribution in [-0.4, -0.2) is 33.3 Å². The lowest BCUT2D eigenvalue weighted by Gasteiger charge is -2.20. The minimum Gasteiger partial charge on any atom is -0.387 e. The van der Waals surface area contributed by atoms with Crippen LogP contribution in [0.1, 0.15) is 46.8 Å². The first-order chi connectivity index (χ1) is 13.5. The molecule has 0 bridgehead atoms. The summed E-state index contributed by atoms with van der Waals surface area (Å²) in [5, 5.41) is 18.1. The molecule has 3 aromatic rings. The number of Topliss-reactive ketones (excluding diaryl/α,β-unsaturated/α-hetero) is 1. The largest absolute Gasteiger partial charge is 0.387 e. The number of carbonyl (C=O) groups excluding carboxylic acids is 1. The Hall–Kier alpha value is -2.76. The molecule has 28 heavy (non-hydrogen) atoms. The van der Waals surface area contributed by atoms with Gasteiger partial charge in [-0.15, -0.1) is 0 Å². The van der Waals surface area contributed by atoms with E-state index in [0.29, 0.717) is 25.2 Å². The molecule has 5 heteroatoms. The highest BCUT2D eigenvalue weighted by atomic mass is 16.3. The monoisotopic (exact) mass is 377 g/mol. The number of aromatic nitrogens is 2. The second-order valence-electron chi connectivity index (χ2n) is 7.09. The van der Waals surface area contributed by atoms with Gasteiger partial charge in [0.25, 0.3) is 0 Å². The standard InChI is InChI=1S/C23H27N3O2/c1-17-15-21(25-26(17)16-19-9-5-3-6-10-19)22(27)13-14-24-18(2)23(28)20-11-7-4-8-12-20/h3-12,15,18,23-24,28H,13-14,16H2,1-2H3. The molecule has 0 aliphatic heterocycles. The number of hydrogen-bond donors (Lipinski definition) is 2. The average Bonchev–Trinajstić information content (AvgIpc) is 3.09. The van der Waals surface area contributed by atoms with Crippen molar-refractivity contribution in [2.75, 3.05) is 6.54 Å². The molecule has 0 aliphatic rings. The minimum atomic E-state index is -0.608. The van der Waals surface area contributed by atoms with Crippen molar-refractivity contribution in [3.05, 3.63) is 89.2 Å². The van der Waals surface area contributed by atoms with Crippen molar-refractivity contribution in [2.45, 2.75) is 39.0 Å². The highest BCUT2D eigenvalue weighted by Crippen LogP contribution is 2.16. The van der Waals surface area contributed by atoms with Gasteiger partial charge in [0, 0.05) is 24.7 Å². The molecule has 2 aromatic carbocycles. The lowest BCUT2D eigenvalue weighted by molar-refractivity contribution is 0.0966. The fourth-order valence-corrected chi connectivity index (χ4v) is 3.15. The Morgan fingerprint density at radius 2 is 1.75 bits per heavy atom. The quantitative estimate of drug-likeness (QED) is 0.560. The molecule has 5 nitrogen and oxygen atoms in total. The van der Waals surface area contributed by atoms with Crippen LogP contribution in [-0.2, 0) is 6.54 Å². The zero-order valence-corrected chi connectivity index (χ0v) is 16.4. The molecule has 0 spiro atoms. The average molecular weight is 377 g/mol. The molecule has 2 N–H and O–H groups in total. The van der Waals surface area contributed by atoms with Gasteiger partial charge in [-0.05, 0) is 31.0 Å². The van der Waals surface area contributed by atoms with E-state index < -0.39 is 6.10 Å². The minimum absolute atomic E-state index is 0.00353. The van der Waals surface area contributed by atoms with Crippen LogP contribution in [0.2, 0.25) is 0 Å². The molecule has 0 saturated heterocycles. The summed E-state index contributed by atoms with van der Waals surface area (Å²) < 4.78 is 1.86. The Morgan fingerprint density at radius 3 is 2.43 bits per heavy atom. The molecular weight excluding hydrogens is 350 g/mol. The van der Waals surface area contributed by atoms with Crippen molar-refractivity contribution >= 4 is 5.78 Å². The molecule has 1 heterocycles. The van der Waals surface area contributed by atoms with Crippen molar-refractivity contribution < 1.29 is 9.90 Å². The summed E-state index contributed by atoms with van der Waals surface area (Å²) in [6, 6.07) is 21.3. The Morgan fingerprint density at radius 1 is 1.11 bits per heavy atom. The van der Waals surface area contributed by atoms with E-state index in [-0.39, 0.29) is 11.8 Å². The van der Waals surface area contributed by atoms with Crippen LogP contribution >= 0.6 is 0 Å². The van der Waals surface area contributed by atoms with Crippen molar-refractivity contribution in [1.29, 1.82) is 0 Å². The number of rotatable bonds is 9. The highest BCUT2D eigenvalue weighted by molar-refractivity contribution is 5.94. The summed E-state index contributed by atoms with van der Waals surface area (Å²) in [5.41, 5.74) is 3.47. The third kappa shape index (κ3) is 5.15. The number of aryl methyl sites for hydroxylation is 1. The maximum atomic E-state index is 12.5. The molecule has 3 rings (SSSR count).